The molecule has 4 aromatic rings. The van der Waals surface area contributed by atoms with Gasteiger partial charge in [-0.2, -0.15) is 5.10 Å². The molecule has 0 saturated heterocycles. The minimum atomic E-state index is 0.525. The smallest absolute Gasteiger partial charge is 0.222 e. The molecule has 0 aliphatic carbocycles. The van der Waals surface area contributed by atoms with Crippen LogP contribution >= 0.6 is 0 Å². The molecular weight excluding hydrogens is 290 g/mol. The van der Waals surface area contributed by atoms with Crippen LogP contribution < -0.4 is 4.74 Å². The Morgan fingerprint density at radius 1 is 1.09 bits per heavy atom. The van der Waals surface area contributed by atoms with E-state index >= 15 is 0 Å². The van der Waals surface area contributed by atoms with Crippen molar-refractivity contribution in [1.29, 1.82) is 0 Å². The highest BCUT2D eigenvalue weighted by Crippen LogP contribution is 2.25. The first-order valence-corrected chi connectivity index (χ1v) is 7.29. The Morgan fingerprint density at radius 2 is 2.04 bits per heavy atom. The fourth-order valence-corrected chi connectivity index (χ4v) is 2.52. The predicted molar refractivity (Wildman–Crippen MR) is 86.4 cm³/mol. The van der Waals surface area contributed by atoms with Gasteiger partial charge < -0.3 is 9.30 Å². The molecule has 3 heterocycles. The first-order valence-electron chi connectivity index (χ1n) is 7.29. The average molecular weight is 305 g/mol. The number of aromatic nitrogens is 5. The molecule has 0 atom stereocenters. The highest BCUT2D eigenvalue weighted by molar-refractivity contribution is 5.81. The molecule has 0 spiro atoms. The molecule has 0 amide bonds. The second kappa shape index (κ2) is 5.57. The number of rotatable bonds is 4. The maximum Gasteiger partial charge on any atom is 0.222 e. The zero-order valence-electron chi connectivity index (χ0n) is 12.6. The lowest BCUT2D eigenvalue weighted by atomic mass is 10.2. The Bertz CT molecular complexity index is 943. The Morgan fingerprint density at radius 3 is 2.91 bits per heavy atom. The summed E-state index contributed by atoms with van der Waals surface area (Å²) < 4.78 is 9.75. The third-order valence-corrected chi connectivity index (χ3v) is 3.66. The largest absolute Gasteiger partial charge is 0.439 e. The van der Waals surface area contributed by atoms with E-state index in [0.29, 0.717) is 12.4 Å². The Labute approximate surface area is 133 Å². The highest BCUT2D eigenvalue weighted by Gasteiger charge is 2.05. The van der Waals surface area contributed by atoms with Crippen molar-refractivity contribution in [3.8, 4) is 11.6 Å². The van der Waals surface area contributed by atoms with Crippen LogP contribution in [0.5, 0.6) is 11.6 Å². The van der Waals surface area contributed by atoms with Gasteiger partial charge in [0.25, 0.3) is 0 Å². The van der Waals surface area contributed by atoms with E-state index < -0.39 is 0 Å². The number of fused-ring (bicyclic) bond motifs is 1. The summed E-state index contributed by atoms with van der Waals surface area (Å²) in [5.41, 5.74) is 2.01. The van der Waals surface area contributed by atoms with Crippen molar-refractivity contribution in [1.82, 2.24) is 24.3 Å². The Kier molecular flexibility index (Phi) is 3.27. The second-order valence-electron chi connectivity index (χ2n) is 5.30. The van der Waals surface area contributed by atoms with Crippen molar-refractivity contribution in [3.63, 3.8) is 0 Å². The van der Waals surface area contributed by atoms with E-state index in [1.165, 1.54) is 11.8 Å². The molecule has 0 N–H and O–H groups in total. The Balaban J connectivity index is 1.57. The molecule has 6 nitrogen and oxygen atoms in total. The molecule has 0 bridgehead atoms. The third-order valence-electron chi connectivity index (χ3n) is 3.66. The maximum atomic E-state index is 5.87. The summed E-state index contributed by atoms with van der Waals surface area (Å²) in [7, 11) is 2.02. The van der Waals surface area contributed by atoms with Crippen LogP contribution in [-0.4, -0.2) is 24.3 Å². The molecule has 0 aliphatic rings. The van der Waals surface area contributed by atoms with E-state index in [-0.39, 0.29) is 0 Å². The van der Waals surface area contributed by atoms with Crippen molar-refractivity contribution in [2.75, 3.05) is 0 Å². The van der Waals surface area contributed by atoms with Gasteiger partial charge in [0.2, 0.25) is 5.88 Å². The molecule has 4 rings (SSSR count). The van der Waals surface area contributed by atoms with Gasteiger partial charge in [-0.25, -0.2) is 9.97 Å². The lowest BCUT2D eigenvalue weighted by molar-refractivity contribution is 0.460. The van der Waals surface area contributed by atoms with Crippen molar-refractivity contribution < 1.29 is 4.74 Å². The predicted octanol–water partition coefficient (Wildman–Crippen LogP) is 3.01. The van der Waals surface area contributed by atoms with Crippen molar-refractivity contribution in [2.24, 2.45) is 7.05 Å². The fraction of sp³-hybridized carbons (Fsp3) is 0.118. The lowest BCUT2D eigenvalue weighted by Crippen LogP contribution is -2.03. The SMILES string of the molecule is Cn1ccc2cc(Oc3cc(Cn4cccn4)ncn3)ccc21. The summed E-state index contributed by atoms with van der Waals surface area (Å²) >= 11 is 0. The van der Waals surface area contributed by atoms with Gasteiger partial charge in [-0.1, -0.05) is 0 Å². The van der Waals surface area contributed by atoms with Gasteiger partial charge in [0.1, 0.15) is 12.1 Å². The highest BCUT2D eigenvalue weighted by atomic mass is 16.5. The Hall–Kier alpha value is -3.15. The minimum absolute atomic E-state index is 0.525. The summed E-state index contributed by atoms with van der Waals surface area (Å²) in [5.74, 6) is 1.28. The molecule has 0 radical (unpaired) electrons. The third kappa shape index (κ3) is 2.78. The van der Waals surface area contributed by atoms with Crippen LogP contribution in [0.15, 0.2) is 61.3 Å². The summed E-state index contributed by atoms with van der Waals surface area (Å²) in [4.78, 5) is 8.43. The van der Waals surface area contributed by atoms with E-state index in [1.807, 2.05) is 54.5 Å². The zero-order valence-corrected chi connectivity index (χ0v) is 12.6. The van der Waals surface area contributed by atoms with E-state index in [1.54, 1.807) is 6.20 Å². The molecule has 0 fully saturated rings. The van der Waals surface area contributed by atoms with Gasteiger partial charge in [0, 0.05) is 42.6 Å². The quantitative estimate of drug-likeness (QED) is 0.581. The number of benzene rings is 1. The fourth-order valence-electron chi connectivity index (χ4n) is 2.52. The summed E-state index contributed by atoms with van der Waals surface area (Å²) in [6.07, 6.45) is 7.18. The van der Waals surface area contributed by atoms with E-state index in [0.717, 1.165) is 16.8 Å². The van der Waals surface area contributed by atoms with Crippen LogP contribution in [0, 0.1) is 0 Å². The minimum Gasteiger partial charge on any atom is -0.439 e. The van der Waals surface area contributed by atoms with Crippen LogP contribution in [0.4, 0.5) is 0 Å². The number of nitrogens with zero attached hydrogens (tertiary/aromatic N) is 5. The average Bonchev–Trinajstić information content (AvgIpc) is 3.18. The van der Waals surface area contributed by atoms with Gasteiger partial charge in [-0.05, 0) is 30.3 Å². The molecule has 23 heavy (non-hydrogen) atoms. The second-order valence-corrected chi connectivity index (χ2v) is 5.30. The maximum absolute atomic E-state index is 5.87. The van der Waals surface area contributed by atoms with Crippen LogP contribution in [0.3, 0.4) is 0 Å². The number of aryl methyl sites for hydroxylation is 1. The van der Waals surface area contributed by atoms with Gasteiger partial charge >= 0.3 is 0 Å². The van der Waals surface area contributed by atoms with Gasteiger partial charge in [-0.15, -0.1) is 0 Å². The van der Waals surface area contributed by atoms with Gasteiger partial charge in [-0.3, -0.25) is 4.68 Å². The molecular formula is C17H15N5O. The van der Waals surface area contributed by atoms with Crippen LogP contribution in [0.2, 0.25) is 0 Å². The van der Waals surface area contributed by atoms with Crippen molar-refractivity contribution in [3.05, 3.63) is 67.0 Å². The van der Waals surface area contributed by atoms with E-state index in [4.69, 9.17) is 4.74 Å². The molecule has 3 aromatic heterocycles. The molecule has 1 aromatic carbocycles. The van der Waals surface area contributed by atoms with Crippen LogP contribution in [-0.2, 0) is 13.6 Å². The number of hydrogen-bond acceptors (Lipinski definition) is 4. The lowest BCUT2D eigenvalue weighted by Gasteiger charge is -2.07. The normalized spacial score (nSPS) is 11.0. The van der Waals surface area contributed by atoms with Crippen molar-refractivity contribution >= 4 is 10.9 Å². The molecule has 0 unspecified atom stereocenters. The van der Waals surface area contributed by atoms with Crippen LogP contribution in [0.25, 0.3) is 10.9 Å². The first-order chi connectivity index (χ1) is 11.3. The summed E-state index contributed by atoms with van der Waals surface area (Å²) in [6.45, 7) is 0.587. The summed E-state index contributed by atoms with van der Waals surface area (Å²) in [5, 5.41) is 5.31. The number of hydrogen-bond donors (Lipinski definition) is 0. The molecule has 6 heteroatoms. The monoisotopic (exact) mass is 305 g/mol. The van der Waals surface area contributed by atoms with E-state index in [9.17, 15) is 0 Å². The van der Waals surface area contributed by atoms with Gasteiger partial charge in [0.15, 0.2) is 0 Å². The topological polar surface area (TPSA) is 57.8 Å². The first kappa shape index (κ1) is 13.5. The number of ether oxygens (including phenoxy) is 1. The van der Waals surface area contributed by atoms with Crippen LogP contribution in [0.1, 0.15) is 5.69 Å². The standard InChI is InChI=1S/C17H15N5O/c1-21-8-5-13-9-15(3-4-16(13)21)23-17-10-14(18-12-19-17)11-22-7-2-6-20-22/h2-10,12H,11H2,1H3. The molecule has 0 saturated carbocycles. The molecule has 114 valence electrons. The summed E-state index contributed by atoms with van der Waals surface area (Å²) in [6, 6.07) is 11.8. The van der Waals surface area contributed by atoms with Crippen molar-refractivity contribution in [2.45, 2.75) is 6.54 Å². The van der Waals surface area contributed by atoms with E-state index in [2.05, 4.69) is 25.7 Å². The van der Waals surface area contributed by atoms with Gasteiger partial charge in [0.05, 0.1) is 12.2 Å². The molecule has 0 aliphatic heterocycles. The zero-order chi connectivity index (χ0) is 15.6.